The highest BCUT2D eigenvalue weighted by atomic mass is 28.4. The van der Waals surface area contributed by atoms with Crippen LogP contribution in [0.25, 0.3) is 0 Å². The summed E-state index contributed by atoms with van der Waals surface area (Å²) in [6.45, 7) is 11.2. The quantitative estimate of drug-likeness (QED) is 0.353. The number of hydrogen-bond donors (Lipinski definition) is 0. The van der Waals surface area contributed by atoms with Gasteiger partial charge in [-0.2, -0.15) is 0 Å². The van der Waals surface area contributed by atoms with Crippen LogP contribution in [0.3, 0.4) is 0 Å². The third-order valence-corrected chi connectivity index (χ3v) is 6.28. The molecular weight excluding hydrogens is 422 g/mol. The Labute approximate surface area is 185 Å². The first kappa shape index (κ1) is 25.2. The molecule has 1 heterocycles. The van der Waals surface area contributed by atoms with E-state index in [4.69, 9.17) is 23.4 Å². The maximum atomic E-state index is 13.1. The molecule has 1 fully saturated rings. The fourth-order valence-electron chi connectivity index (χ4n) is 4.37. The van der Waals surface area contributed by atoms with Gasteiger partial charge in [0, 0.05) is 26.0 Å². The minimum absolute atomic E-state index is 0.103. The number of likely N-dealkylation sites (tertiary alicyclic amines) is 1. The van der Waals surface area contributed by atoms with Gasteiger partial charge in [0.2, 0.25) is 8.32 Å². The van der Waals surface area contributed by atoms with Crippen LogP contribution < -0.4 is 0 Å². The lowest BCUT2D eigenvalue weighted by atomic mass is 9.66. The SMILES string of the molecule is COC(=O)[C@@H]1[C@H]2CC(O[Si](C)(C)C)=CC(OC)[C@@]2(C(=O)OC)CN1C(=O)OC(C)(C)C. The molecule has 2 rings (SSSR count). The van der Waals surface area contributed by atoms with Crippen LogP contribution in [-0.2, 0) is 33.0 Å². The minimum Gasteiger partial charge on any atom is -0.547 e. The summed E-state index contributed by atoms with van der Waals surface area (Å²) in [5.41, 5.74) is -2.08. The van der Waals surface area contributed by atoms with Crippen molar-refractivity contribution in [2.45, 2.75) is 64.6 Å². The first-order valence-electron chi connectivity index (χ1n) is 10.3. The molecule has 1 aliphatic carbocycles. The molecule has 0 spiro atoms. The highest BCUT2D eigenvalue weighted by Gasteiger charge is 2.67. The van der Waals surface area contributed by atoms with Crippen LogP contribution in [0, 0.1) is 11.3 Å². The molecule has 1 saturated heterocycles. The lowest BCUT2D eigenvalue weighted by Crippen LogP contribution is -2.53. The predicted molar refractivity (Wildman–Crippen MR) is 115 cm³/mol. The predicted octanol–water partition coefficient (Wildman–Crippen LogP) is 2.71. The van der Waals surface area contributed by atoms with Crippen molar-refractivity contribution in [2.24, 2.45) is 11.3 Å². The molecule has 0 aromatic rings. The molecule has 0 radical (unpaired) electrons. The average Bonchev–Trinajstić information content (AvgIpc) is 2.99. The summed E-state index contributed by atoms with van der Waals surface area (Å²) in [6, 6.07) is -1.05. The summed E-state index contributed by atoms with van der Waals surface area (Å²) in [5, 5.41) is 0. The van der Waals surface area contributed by atoms with Crippen LogP contribution in [0.1, 0.15) is 27.2 Å². The summed E-state index contributed by atoms with van der Waals surface area (Å²) in [7, 11) is 2.02. The second-order valence-electron chi connectivity index (χ2n) is 9.92. The van der Waals surface area contributed by atoms with Gasteiger partial charge in [-0.05, 0) is 46.5 Å². The minimum atomic E-state index is -1.98. The molecule has 9 nitrogen and oxygen atoms in total. The third-order valence-electron chi connectivity index (χ3n) is 5.40. The van der Waals surface area contributed by atoms with Crippen molar-refractivity contribution in [3.05, 3.63) is 11.8 Å². The van der Waals surface area contributed by atoms with Crippen LogP contribution in [0.2, 0.25) is 19.6 Å². The maximum absolute atomic E-state index is 13.1. The number of hydrogen-bond acceptors (Lipinski definition) is 8. The standard InChI is InChI=1S/C21H35NO8Si/c1-20(2,3)29-19(25)22-12-21(18(24)28-6)14(16(22)17(23)27-5)10-13(11-15(21)26-4)30-31(7,8)9/h11,14-16H,10,12H2,1-9H3/t14-,15?,16+,21-/m1/s1. The van der Waals surface area contributed by atoms with Gasteiger partial charge in [0.1, 0.15) is 17.1 Å². The van der Waals surface area contributed by atoms with E-state index >= 15 is 0 Å². The number of carbonyl (C=O) groups excluding carboxylic acids is 3. The van der Waals surface area contributed by atoms with Crippen LogP contribution in [-0.4, -0.2) is 76.9 Å². The molecule has 31 heavy (non-hydrogen) atoms. The summed E-state index contributed by atoms with van der Waals surface area (Å²) in [5.74, 6) is -1.23. The Kier molecular flexibility index (Phi) is 7.16. The van der Waals surface area contributed by atoms with Gasteiger partial charge in [-0.25, -0.2) is 9.59 Å². The van der Waals surface area contributed by atoms with Gasteiger partial charge in [0.15, 0.2) is 0 Å². The first-order chi connectivity index (χ1) is 14.2. The van der Waals surface area contributed by atoms with Gasteiger partial charge in [-0.3, -0.25) is 9.69 Å². The fourth-order valence-corrected chi connectivity index (χ4v) is 5.31. The normalized spacial score (nSPS) is 28.4. The Hall–Kier alpha value is -2.07. The lowest BCUT2D eigenvalue weighted by molar-refractivity contribution is -0.164. The second kappa shape index (κ2) is 8.82. The molecular formula is C21H35NO8Si. The van der Waals surface area contributed by atoms with Crippen LogP contribution in [0.15, 0.2) is 11.8 Å². The summed E-state index contributed by atoms with van der Waals surface area (Å²) in [6.07, 6.45) is 0.560. The van der Waals surface area contributed by atoms with E-state index in [-0.39, 0.29) is 13.0 Å². The molecule has 0 aromatic heterocycles. The number of fused-ring (bicyclic) bond motifs is 1. The Morgan fingerprint density at radius 2 is 1.71 bits per heavy atom. The van der Waals surface area contributed by atoms with Crippen molar-refractivity contribution >= 4 is 26.3 Å². The molecule has 4 atom stereocenters. The summed E-state index contributed by atoms with van der Waals surface area (Å²) >= 11 is 0. The Morgan fingerprint density at radius 3 is 2.16 bits per heavy atom. The Bertz CT molecular complexity index is 753. The summed E-state index contributed by atoms with van der Waals surface area (Å²) < 4.78 is 27.6. The van der Waals surface area contributed by atoms with Gasteiger partial charge >= 0.3 is 18.0 Å². The number of carbonyl (C=O) groups is 3. The third kappa shape index (κ3) is 5.06. The molecule has 0 aromatic carbocycles. The second-order valence-corrected chi connectivity index (χ2v) is 14.4. The van der Waals surface area contributed by atoms with Crippen molar-refractivity contribution < 1.29 is 37.8 Å². The number of ether oxygens (including phenoxy) is 4. The van der Waals surface area contributed by atoms with Gasteiger partial charge in [-0.1, -0.05) is 0 Å². The van der Waals surface area contributed by atoms with Gasteiger partial charge in [-0.15, -0.1) is 0 Å². The largest absolute Gasteiger partial charge is 0.547 e. The Balaban J connectivity index is 2.61. The molecule has 10 heteroatoms. The number of amides is 1. The van der Waals surface area contributed by atoms with Crippen LogP contribution >= 0.6 is 0 Å². The number of methoxy groups -OCH3 is 3. The van der Waals surface area contributed by atoms with E-state index in [1.165, 1.54) is 26.2 Å². The zero-order valence-electron chi connectivity index (χ0n) is 19.9. The van der Waals surface area contributed by atoms with Crippen molar-refractivity contribution in [2.75, 3.05) is 27.9 Å². The van der Waals surface area contributed by atoms with E-state index in [9.17, 15) is 14.4 Å². The molecule has 1 amide bonds. The number of esters is 2. The van der Waals surface area contributed by atoms with Crippen LogP contribution in [0.5, 0.6) is 0 Å². The first-order valence-corrected chi connectivity index (χ1v) is 13.7. The maximum Gasteiger partial charge on any atom is 0.411 e. The molecule has 1 unspecified atom stereocenters. The number of allylic oxidation sites excluding steroid dienone is 1. The van der Waals surface area contributed by atoms with E-state index < -0.39 is 55.4 Å². The van der Waals surface area contributed by atoms with Gasteiger partial charge in [0.05, 0.1) is 26.1 Å². The smallest absolute Gasteiger partial charge is 0.411 e. The van der Waals surface area contributed by atoms with Crippen molar-refractivity contribution in [1.82, 2.24) is 4.90 Å². The molecule has 2 aliphatic rings. The van der Waals surface area contributed by atoms with Gasteiger partial charge < -0.3 is 23.4 Å². The van der Waals surface area contributed by atoms with E-state index in [0.29, 0.717) is 5.76 Å². The molecule has 0 bridgehead atoms. The molecule has 176 valence electrons. The van der Waals surface area contributed by atoms with E-state index in [1.807, 2.05) is 19.6 Å². The van der Waals surface area contributed by atoms with Crippen molar-refractivity contribution in [3.8, 4) is 0 Å². The zero-order chi connectivity index (χ0) is 23.8. The van der Waals surface area contributed by atoms with E-state index in [1.54, 1.807) is 26.8 Å². The summed E-state index contributed by atoms with van der Waals surface area (Å²) in [4.78, 5) is 40.3. The molecule has 1 aliphatic heterocycles. The highest BCUT2D eigenvalue weighted by Crippen LogP contribution is 2.52. The topological polar surface area (TPSA) is 101 Å². The van der Waals surface area contributed by atoms with Crippen molar-refractivity contribution in [1.29, 1.82) is 0 Å². The molecule has 0 saturated carbocycles. The fraction of sp³-hybridized carbons (Fsp3) is 0.762. The average molecular weight is 458 g/mol. The van der Waals surface area contributed by atoms with Crippen molar-refractivity contribution in [3.63, 3.8) is 0 Å². The molecule has 0 N–H and O–H groups in total. The zero-order valence-corrected chi connectivity index (χ0v) is 20.9. The Morgan fingerprint density at radius 1 is 1.10 bits per heavy atom. The van der Waals surface area contributed by atoms with Gasteiger partial charge in [0.25, 0.3) is 0 Å². The number of nitrogens with zero attached hydrogens (tertiary/aromatic N) is 1. The van der Waals surface area contributed by atoms with E-state index in [0.717, 1.165) is 0 Å². The number of rotatable bonds is 5. The lowest BCUT2D eigenvalue weighted by Gasteiger charge is -2.41. The monoisotopic (exact) mass is 457 g/mol. The van der Waals surface area contributed by atoms with E-state index in [2.05, 4.69) is 0 Å². The van der Waals surface area contributed by atoms with Crippen LogP contribution in [0.4, 0.5) is 4.79 Å². The highest BCUT2D eigenvalue weighted by molar-refractivity contribution is 6.70.